The van der Waals surface area contributed by atoms with E-state index in [1.165, 1.54) is 4.90 Å². The van der Waals surface area contributed by atoms with E-state index in [1.807, 2.05) is 54.6 Å². The lowest BCUT2D eigenvalue weighted by Gasteiger charge is -2.22. The highest BCUT2D eigenvalue weighted by atomic mass is 35.5. The minimum atomic E-state index is -0.329. The maximum Gasteiger partial charge on any atom is 0.327 e. The summed E-state index contributed by atoms with van der Waals surface area (Å²) >= 11 is 6.00. The molecular formula is C20H20ClN4O2+. The molecular weight excluding hydrogens is 364 g/mol. The Kier molecular flexibility index (Phi) is 6.38. The summed E-state index contributed by atoms with van der Waals surface area (Å²) in [6, 6.07) is 19.8. The number of nitrogens with two attached hydrogens (primary N) is 1. The number of hydrogen-bond donors (Lipinski definition) is 3. The molecule has 0 bridgehead atoms. The summed E-state index contributed by atoms with van der Waals surface area (Å²) in [5, 5.41) is 13.1. The Morgan fingerprint density at radius 3 is 2.67 bits per heavy atom. The minimum absolute atomic E-state index is 0.329. The average molecular weight is 384 g/mol. The molecule has 1 heterocycles. The van der Waals surface area contributed by atoms with Gasteiger partial charge in [-0.15, -0.1) is 0 Å². The molecule has 0 saturated heterocycles. The molecule has 0 saturated carbocycles. The lowest BCUT2D eigenvalue weighted by atomic mass is 10.1. The number of amides is 2. The first-order chi connectivity index (χ1) is 13.2. The topological polar surface area (TPSA) is 82.1 Å². The monoisotopic (exact) mass is 383 g/mol. The SMILES string of the molecule is O=C(NCCc1cccc(Cl)c1)N(c1ccccc1)c1ncccc1[NH2+]O. The van der Waals surface area contributed by atoms with Crippen LogP contribution in [0.3, 0.4) is 0 Å². The molecule has 138 valence electrons. The van der Waals surface area contributed by atoms with Crippen LogP contribution in [0, 0.1) is 0 Å². The van der Waals surface area contributed by atoms with Crippen LogP contribution in [-0.4, -0.2) is 22.8 Å². The lowest BCUT2D eigenvalue weighted by molar-refractivity contribution is -0.825. The summed E-state index contributed by atoms with van der Waals surface area (Å²) < 4.78 is 0. The number of carbonyl (C=O) groups is 1. The van der Waals surface area contributed by atoms with Crippen molar-refractivity contribution in [2.75, 3.05) is 11.4 Å². The molecule has 1 aromatic heterocycles. The number of quaternary nitrogens is 1. The van der Waals surface area contributed by atoms with Crippen LogP contribution in [0.4, 0.5) is 22.0 Å². The van der Waals surface area contributed by atoms with Gasteiger partial charge in [0.05, 0.1) is 5.69 Å². The summed E-state index contributed by atoms with van der Waals surface area (Å²) in [5.74, 6) is 0.353. The maximum atomic E-state index is 12.9. The van der Waals surface area contributed by atoms with Crippen LogP contribution in [0.2, 0.25) is 5.02 Å². The largest absolute Gasteiger partial charge is 0.337 e. The Labute approximate surface area is 162 Å². The molecule has 0 aliphatic rings. The first kappa shape index (κ1) is 18.8. The molecule has 2 amide bonds. The Hall–Kier alpha value is -2.93. The van der Waals surface area contributed by atoms with Gasteiger partial charge in [-0.3, -0.25) is 0 Å². The zero-order valence-corrected chi connectivity index (χ0v) is 15.3. The lowest BCUT2D eigenvalue weighted by Crippen LogP contribution is -2.74. The number of pyridine rings is 1. The third-order valence-electron chi connectivity index (χ3n) is 3.96. The van der Waals surface area contributed by atoms with E-state index in [9.17, 15) is 10.0 Å². The quantitative estimate of drug-likeness (QED) is 0.570. The standard InChI is InChI=1S/C20H19ClN4O2/c21-16-7-4-6-15(14-16)11-13-23-20(26)25(17-8-2-1-3-9-17)19-18(24-27)10-5-12-22-19/h1-10,12,14,24,27H,11,13H2,(H,23,26)/p+1. The van der Waals surface area contributed by atoms with Gasteiger partial charge < -0.3 is 5.32 Å². The van der Waals surface area contributed by atoms with Crippen molar-refractivity contribution >= 4 is 34.8 Å². The summed E-state index contributed by atoms with van der Waals surface area (Å²) in [4.78, 5) is 18.6. The van der Waals surface area contributed by atoms with Crippen LogP contribution < -0.4 is 15.7 Å². The highest BCUT2D eigenvalue weighted by molar-refractivity contribution is 6.30. The van der Waals surface area contributed by atoms with Crippen molar-refractivity contribution in [3.8, 4) is 0 Å². The number of carbonyl (C=O) groups excluding carboxylic acids is 1. The Balaban J connectivity index is 1.79. The molecule has 2 aromatic carbocycles. The van der Waals surface area contributed by atoms with Crippen molar-refractivity contribution in [2.45, 2.75) is 6.42 Å². The molecule has 3 aromatic rings. The molecule has 0 atom stereocenters. The van der Waals surface area contributed by atoms with Gasteiger partial charge in [0.15, 0.2) is 0 Å². The fourth-order valence-electron chi connectivity index (χ4n) is 2.70. The molecule has 0 fully saturated rings. The van der Waals surface area contributed by atoms with E-state index in [-0.39, 0.29) is 6.03 Å². The highest BCUT2D eigenvalue weighted by Gasteiger charge is 2.23. The normalized spacial score (nSPS) is 10.4. The van der Waals surface area contributed by atoms with Gasteiger partial charge in [-0.05, 0) is 42.3 Å². The van der Waals surface area contributed by atoms with E-state index < -0.39 is 0 Å². The molecule has 27 heavy (non-hydrogen) atoms. The third-order valence-corrected chi connectivity index (χ3v) is 4.20. The third kappa shape index (κ3) is 4.83. The van der Waals surface area contributed by atoms with Crippen molar-refractivity contribution in [3.05, 3.63) is 83.5 Å². The Morgan fingerprint density at radius 1 is 1.11 bits per heavy atom. The number of halogens is 1. The van der Waals surface area contributed by atoms with Crippen molar-refractivity contribution in [3.63, 3.8) is 0 Å². The summed E-state index contributed by atoms with van der Waals surface area (Å²) in [7, 11) is 0. The van der Waals surface area contributed by atoms with Gasteiger partial charge in [0.25, 0.3) is 0 Å². The van der Waals surface area contributed by atoms with E-state index in [1.54, 1.807) is 18.3 Å². The number of anilines is 2. The number of hydrogen-bond acceptors (Lipinski definition) is 3. The van der Waals surface area contributed by atoms with Crippen LogP contribution in [0.5, 0.6) is 0 Å². The van der Waals surface area contributed by atoms with E-state index in [0.29, 0.717) is 35.2 Å². The van der Waals surface area contributed by atoms with Crippen LogP contribution >= 0.6 is 11.6 Å². The maximum absolute atomic E-state index is 12.9. The summed E-state index contributed by atoms with van der Waals surface area (Å²) in [6.07, 6.45) is 2.23. The number of rotatable bonds is 6. The Morgan fingerprint density at radius 2 is 1.93 bits per heavy atom. The molecule has 0 aliphatic carbocycles. The van der Waals surface area contributed by atoms with Gasteiger partial charge >= 0.3 is 6.03 Å². The molecule has 0 aliphatic heterocycles. The zero-order valence-electron chi connectivity index (χ0n) is 14.5. The van der Waals surface area contributed by atoms with E-state index in [2.05, 4.69) is 10.3 Å². The predicted octanol–water partition coefficient (Wildman–Crippen LogP) is 3.41. The fraction of sp³-hybridized carbons (Fsp3) is 0.100. The molecule has 7 heteroatoms. The predicted molar refractivity (Wildman–Crippen MR) is 105 cm³/mol. The van der Waals surface area contributed by atoms with E-state index in [4.69, 9.17) is 11.6 Å². The van der Waals surface area contributed by atoms with Crippen molar-refractivity contribution in [1.29, 1.82) is 0 Å². The van der Waals surface area contributed by atoms with Gasteiger partial charge in [-0.25, -0.2) is 19.9 Å². The van der Waals surface area contributed by atoms with Gasteiger partial charge in [-0.2, -0.15) is 5.48 Å². The van der Waals surface area contributed by atoms with Crippen molar-refractivity contribution in [1.82, 2.24) is 10.3 Å². The van der Waals surface area contributed by atoms with Gasteiger partial charge in [-0.1, -0.05) is 41.9 Å². The first-order valence-electron chi connectivity index (χ1n) is 8.49. The van der Waals surface area contributed by atoms with Gasteiger partial charge in [0, 0.05) is 23.8 Å². The van der Waals surface area contributed by atoms with Crippen molar-refractivity contribution in [2.24, 2.45) is 0 Å². The average Bonchev–Trinajstić information content (AvgIpc) is 2.69. The van der Waals surface area contributed by atoms with Gasteiger partial charge in [0.2, 0.25) is 11.5 Å². The summed E-state index contributed by atoms with van der Waals surface area (Å²) in [6.45, 7) is 0.438. The Bertz CT molecular complexity index is 905. The van der Waals surface area contributed by atoms with Crippen LogP contribution in [0.25, 0.3) is 0 Å². The summed E-state index contributed by atoms with van der Waals surface area (Å²) in [5.41, 5.74) is 3.08. The second kappa shape index (κ2) is 9.14. The van der Waals surface area contributed by atoms with Crippen LogP contribution in [-0.2, 0) is 6.42 Å². The number of aromatic nitrogens is 1. The highest BCUT2D eigenvalue weighted by Crippen LogP contribution is 2.27. The number of para-hydroxylation sites is 1. The second-order valence-corrected chi connectivity index (χ2v) is 6.26. The van der Waals surface area contributed by atoms with Crippen molar-refractivity contribution < 1.29 is 15.5 Å². The molecule has 3 rings (SSSR count). The molecule has 0 unspecified atom stereocenters. The molecule has 0 spiro atoms. The number of nitrogens with one attached hydrogen (secondary N) is 1. The van der Waals surface area contributed by atoms with Crippen LogP contribution in [0.1, 0.15) is 5.56 Å². The fourth-order valence-corrected chi connectivity index (χ4v) is 2.91. The van der Waals surface area contributed by atoms with Crippen LogP contribution in [0.15, 0.2) is 72.9 Å². The zero-order chi connectivity index (χ0) is 19.1. The van der Waals surface area contributed by atoms with Gasteiger partial charge in [0.1, 0.15) is 0 Å². The number of benzene rings is 2. The second-order valence-electron chi connectivity index (χ2n) is 5.83. The van der Waals surface area contributed by atoms with E-state index >= 15 is 0 Å². The number of urea groups is 1. The minimum Gasteiger partial charge on any atom is -0.337 e. The smallest absolute Gasteiger partial charge is 0.327 e. The molecule has 4 N–H and O–H groups in total. The van der Waals surface area contributed by atoms with E-state index in [0.717, 1.165) is 11.0 Å². The number of nitrogens with zero attached hydrogens (tertiary/aromatic N) is 2. The molecule has 6 nitrogen and oxygen atoms in total. The molecule has 0 radical (unpaired) electrons. The first-order valence-corrected chi connectivity index (χ1v) is 8.87.